The summed E-state index contributed by atoms with van der Waals surface area (Å²) in [5, 5.41) is 9.22. The van der Waals surface area contributed by atoms with Crippen LogP contribution in [0.4, 0.5) is 11.9 Å². The molecule has 2 rings (SSSR count). The van der Waals surface area contributed by atoms with Crippen molar-refractivity contribution in [2.75, 3.05) is 36.7 Å². The Morgan fingerprint density at radius 3 is 2.95 bits per heavy atom. The summed E-state index contributed by atoms with van der Waals surface area (Å²) in [5.74, 6) is 6.04. The second-order valence-corrected chi connectivity index (χ2v) is 4.46. The van der Waals surface area contributed by atoms with Gasteiger partial charge in [-0.05, 0) is 13.8 Å². The molecule has 112 valence electrons. The third-order valence-electron chi connectivity index (χ3n) is 2.97. The molecule has 0 aliphatic carbocycles. The van der Waals surface area contributed by atoms with Crippen LogP contribution in [0.25, 0.3) is 0 Å². The molecule has 4 N–H and O–H groups in total. The van der Waals surface area contributed by atoms with Crippen LogP contribution in [0.2, 0.25) is 0 Å². The van der Waals surface area contributed by atoms with Gasteiger partial charge < -0.3 is 19.5 Å². The second-order valence-electron chi connectivity index (χ2n) is 4.46. The van der Waals surface area contributed by atoms with E-state index in [0.29, 0.717) is 25.7 Å². The number of rotatable bonds is 5. The molecule has 9 nitrogen and oxygen atoms in total. The number of anilines is 2. The van der Waals surface area contributed by atoms with Gasteiger partial charge in [-0.15, -0.1) is 0 Å². The van der Waals surface area contributed by atoms with E-state index in [1.54, 1.807) is 0 Å². The average Bonchev–Trinajstić information content (AvgIpc) is 2.47. The SMILES string of the molecule is CCOc1nc(NN)nc(N2CC(CO)OCC2C)n1. The summed E-state index contributed by atoms with van der Waals surface area (Å²) in [4.78, 5) is 14.4. The van der Waals surface area contributed by atoms with Gasteiger partial charge in [-0.3, -0.25) is 5.43 Å². The number of hydrogen-bond acceptors (Lipinski definition) is 9. The van der Waals surface area contributed by atoms with Crippen LogP contribution in [-0.4, -0.2) is 58.6 Å². The Bertz CT molecular complexity index is 446. The number of morpholine rings is 1. The van der Waals surface area contributed by atoms with E-state index in [2.05, 4.69) is 20.4 Å². The maximum atomic E-state index is 9.22. The number of ether oxygens (including phenoxy) is 2. The fourth-order valence-electron chi connectivity index (χ4n) is 1.94. The number of aliphatic hydroxyl groups excluding tert-OH is 1. The molecule has 20 heavy (non-hydrogen) atoms. The molecule has 0 spiro atoms. The molecule has 2 unspecified atom stereocenters. The van der Waals surface area contributed by atoms with Crippen LogP contribution in [0.15, 0.2) is 0 Å². The molecule has 1 aliphatic heterocycles. The molecule has 1 fully saturated rings. The third-order valence-corrected chi connectivity index (χ3v) is 2.97. The smallest absolute Gasteiger partial charge is 0.323 e. The van der Waals surface area contributed by atoms with Crippen molar-refractivity contribution >= 4 is 11.9 Å². The molecular weight excluding hydrogens is 264 g/mol. The molecule has 1 aliphatic rings. The standard InChI is InChI=1S/C11H20N6O3/c1-3-19-11-14-9(16-12)13-10(15-11)17-4-8(5-18)20-6-7(17)2/h7-8,18H,3-6,12H2,1-2H3,(H,13,14,15,16). The molecule has 2 heterocycles. The van der Waals surface area contributed by atoms with Crippen molar-refractivity contribution < 1.29 is 14.6 Å². The van der Waals surface area contributed by atoms with Gasteiger partial charge in [0.2, 0.25) is 11.9 Å². The number of nitrogen functional groups attached to an aromatic ring is 1. The largest absolute Gasteiger partial charge is 0.464 e. The number of aromatic nitrogens is 3. The lowest BCUT2D eigenvalue weighted by Gasteiger charge is -2.37. The highest BCUT2D eigenvalue weighted by Crippen LogP contribution is 2.20. The minimum absolute atomic E-state index is 0.0470. The minimum atomic E-state index is -0.257. The van der Waals surface area contributed by atoms with Gasteiger partial charge in [0, 0.05) is 6.54 Å². The Balaban J connectivity index is 2.26. The maximum Gasteiger partial charge on any atom is 0.323 e. The van der Waals surface area contributed by atoms with Crippen LogP contribution < -0.4 is 20.9 Å². The van der Waals surface area contributed by atoms with Gasteiger partial charge in [-0.2, -0.15) is 15.0 Å². The molecule has 0 saturated carbocycles. The Morgan fingerprint density at radius 2 is 2.30 bits per heavy atom. The van der Waals surface area contributed by atoms with E-state index >= 15 is 0 Å². The minimum Gasteiger partial charge on any atom is -0.464 e. The van der Waals surface area contributed by atoms with Crippen LogP contribution in [0.5, 0.6) is 6.01 Å². The molecular formula is C11H20N6O3. The van der Waals surface area contributed by atoms with Gasteiger partial charge in [0.05, 0.1) is 32.0 Å². The number of nitrogens with two attached hydrogens (primary N) is 1. The van der Waals surface area contributed by atoms with Crippen molar-refractivity contribution in [1.82, 2.24) is 15.0 Å². The van der Waals surface area contributed by atoms with Gasteiger partial charge >= 0.3 is 6.01 Å². The number of aliphatic hydroxyl groups is 1. The number of hydrazine groups is 1. The van der Waals surface area contributed by atoms with E-state index in [1.165, 1.54) is 0 Å². The van der Waals surface area contributed by atoms with Crippen molar-refractivity contribution in [3.05, 3.63) is 0 Å². The fraction of sp³-hybridized carbons (Fsp3) is 0.727. The zero-order chi connectivity index (χ0) is 14.5. The Kier molecular flexibility index (Phi) is 4.88. The number of hydrogen-bond donors (Lipinski definition) is 3. The summed E-state index contributed by atoms with van der Waals surface area (Å²) in [6, 6.07) is 0.296. The molecule has 0 radical (unpaired) electrons. The van der Waals surface area contributed by atoms with Crippen LogP contribution in [-0.2, 0) is 4.74 Å². The summed E-state index contributed by atoms with van der Waals surface area (Å²) in [6.07, 6.45) is -0.257. The van der Waals surface area contributed by atoms with Gasteiger partial charge in [0.25, 0.3) is 0 Å². The highest BCUT2D eigenvalue weighted by atomic mass is 16.5. The summed E-state index contributed by atoms with van der Waals surface area (Å²) >= 11 is 0. The van der Waals surface area contributed by atoms with E-state index in [1.807, 2.05) is 18.7 Å². The zero-order valence-corrected chi connectivity index (χ0v) is 11.6. The van der Waals surface area contributed by atoms with Crippen molar-refractivity contribution in [3.63, 3.8) is 0 Å². The van der Waals surface area contributed by atoms with Crippen molar-refractivity contribution in [2.45, 2.75) is 26.0 Å². The molecule has 1 aromatic rings. The summed E-state index contributed by atoms with van der Waals surface area (Å²) in [5.41, 5.74) is 2.40. The van der Waals surface area contributed by atoms with Crippen LogP contribution >= 0.6 is 0 Å². The van der Waals surface area contributed by atoms with Crippen LogP contribution in [0, 0.1) is 0 Å². The van der Waals surface area contributed by atoms with E-state index < -0.39 is 0 Å². The fourth-order valence-corrected chi connectivity index (χ4v) is 1.94. The first-order valence-electron chi connectivity index (χ1n) is 6.52. The number of nitrogens with zero attached hydrogens (tertiary/aromatic N) is 4. The molecule has 2 atom stereocenters. The Labute approximate surface area is 117 Å². The monoisotopic (exact) mass is 284 g/mol. The first-order chi connectivity index (χ1) is 9.67. The molecule has 0 bridgehead atoms. The first-order valence-corrected chi connectivity index (χ1v) is 6.52. The molecule has 1 aromatic heterocycles. The lowest BCUT2D eigenvalue weighted by Crippen LogP contribution is -2.50. The maximum absolute atomic E-state index is 9.22. The van der Waals surface area contributed by atoms with E-state index in [9.17, 15) is 5.11 Å². The quantitative estimate of drug-likeness (QED) is 0.469. The highest BCUT2D eigenvalue weighted by molar-refractivity contribution is 5.39. The molecule has 1 saturated heterocycles. The topological polar surface area (TPSA) is 119 Å². The third kappa shape index (κ3) is 3.24. The molecule has 0 aromatic carbocycles. The van der Waals surface area contributed by atoms with Crippen molar-refractivity contribution in [2.24, 2.45) is 5.84 Å². The highest BCUT2D eigenvalue weighted by Gasteiger charge is 2.28. The van der Waals surface area contributed by atoms with Gasteiger partial charge in [-0.1, -0.05) is 0 Å². The van der Waals surface area contributed by atoms with Crippen molar-refractivity contribution in [1.29, 1.82) is 0 Å². The predicted octanol–water partition coefficient (Wildman–Crippen LogP) is -0.858. The van der Waals surface area contributed by atoms with Crippen molar-refractivity contribution in [3.8, 4) is 6.01 Å². The van der Waals surface area contributed by atoms with Gasteiger partial charge in [0.1, 0.15) is 0 Å². The van der Waals surface area contributed by atoms with Gasteiger partial charge in [0.15, 0.2) is 0 Å². The first kappa shape index (κ1) is 14.7. The summed E-state index contributed by atoms with van der Waals surface area (Å²) in [6.45, 7) is 5.23. The van der Waals surface area contributed by atoms with Gasteiger partial charge in [-0.25, -0.2) is 5.84 Å². The lowest BCUT2D eigenvalue weighted by atomic mass is 10.2. The number of nitrogens with one attached hydrogen (secondary N) is 1. The average molecular weight is 284 g/mol. The predicted molar refractivity (Wildman–Crippen MR) is 72.4 cm³/mol. The molecule has 9 heteroatoms. The molecule has 0 amide bonds. The van der Waals surface area contributed by atoms with Crippen LogP contribution in [0.1, 0.15) is 13.8 Å². The Hall–Kier alpha value is -1.71. The second kappa shape index (κ2) is 6.64. The van der Waals surface area contributed by atoms with E-state index in [0.717, 1.165) is 0 Å². The lowest BCUT2D eigenvalue weighted by molar-refractivity contribution is -0.0108. The van der Waals surface area contributed by atoms with E-state index in [4.69, 9.17) is 15.3 Å². The Morgan fingerprint density at radius 1 is 1.50 bits per heavy atom. The van der Waals surface area contributed by atoms with E-state index in [-0.39, 0.29) is 30.7 Å². The van der Waals surface area contributed by atoms with Crippen LogP contribution in [0.3, 0.4) is 0 Å². The summed E-state index contributed by atoms with van der Waals surface area (Å²) in [7, 11) is 0. The zero-order valence-electron chi connectivity index (χ0n) is 11.6. The normalized spacial score (nSPS) is 22.7. The summed E-state index contributed by atoms with van der Waals surface area (Å²) < 4.78 is 10.8.